The van der Waals surface area contributed by atoms with Crippen LogP contribution >= 0.6 is 15.6 Å². The molecule has 5 heterocycles. The molecule has 0 radical (unpaired) electrons. The van der Waals surface area contributed by atoms with Gasteiger partial charge in [0, 0.05) is 18.0 Å². The van der Waals surface area contributed by atoms with Gasteiger partial charge in [-0.25, -0.2) is 24.1 Å². The average Bonchev–Trinajstić information content (AvgIpc) is 3.61. The van der Waals surface area contributed by atoms with Crippen molar-refractivity contribution in [3.8, 4) is 0 Å². The van der Waals surface area contributed by atoms with Gasteiger partial charge in [0.15, 0.2) is 23.9 Å². The number of phosphoric ester groups is 2. The Labute approximate surface area is 247 Å². The molecule has 3 aliphatic rings. The minimum absolute atomic E-state index is 0.0517. The number of hydrogen-bond acceptors (Lipinski definition) is 17. The van der Waals surface area contributed by atoms with E-state index in [4.69, 9.17) is 30.0 Å². The fourth-order valence-electron chi connectivity index (χ4n) is 4.68. The van der Waals surface area contributed by atoms with Crippen molar-refractivity contribution in [3.63, 3.8) is 0 Å². The number of anilines is 1. The van der Waals surface area contributed by atoms with Crippen LogP contribution in [-0.2, 0) is 36.8 Å². The third-order valence-corrected chi connectivity index (χ3v) is 9.48. The highest BCUT2D eigenvalue weighted by Crippen LogP contribution is 2.60. The number of aromatic nitrogens is 4. The van der Waals surface area contributed by atoms with E-state index in [2.05, 4.69) is 19.3 Å². The minimum Gasteiger partial charge on any atom is -0.387 e. The lowest BCUT2D eigenvalue weighted by Gasteiger charge is -2.28. The fraction of sp³-hybridized carbons (Fsp3) is 0.524. The maximum absolute atomic E-state index is 12.4. The number of nitrogen functional groups attached to an aromatic ring is 1. The number of amides is 1. The monoisotopic (exact) mass is 665 g/mol. The molecular weight excluding hydrogens is 636 g/mol. The Morgan fingerprint density at radius 2 is 1.55 bits per heavy atom. The quantitative estimate of drug-likeness (QED) is 0.113. The molecule has 21 nitrogen and oxygen atoms in total. The second-order valence-electron chi connectivity index (χ2n) is 9.84. The zero-order chi connectivity index (χ0) is 32.0. The summed E-state index contributed by atoms with van der Waals surface area (Å²) in [5.74, 6) is -0.658. The Bertz CT molecular complexity index is 1560. The molecule has 0 spiro atoms. The van der Waals surface area contributed by atoms with Crippen molar-refractivity contribution in [1.82, 2.24) is 24.4 Å². The van der Waals surface area contributed by atoms with E-state index in [9.17, 15) is 44.1 Å². The lowest BCUT2D eigenvalue weighted by atomic mass is 10.1. The van der Waals surface area contributed by atoms with Crippen molar-refractivity contribution in [3.05, 3.63) is 36.7 Å². The lowest BCUT2D eigenvalue weighted by Crippen LogP contribution is -2.40. The van der Waals surface area contributed by atoms with E-state index in [-0.39, 0.29) is 29.0 Å². The average molecular weight is 665 g/mol. The first-order valence-electron chi connectivity index (χ1n) is 12.7. The van der Waals surface area contributed by atoms with Gasteiger partial charge in [0.1, 0.15) is 48.5 Å². The molecule has 0 bridgehead atoms. The number of phosphoric acid groups is 2. The van der Waals surface area contributed by atoms with Gasteiger partial charge in [-0.05, 0) is 6.42 Å². The number of imidazole rings is 1. The highest BCUT2D eigenvalue weighted by Gasteiger charge is 2.48. The van der Waals surface area contributed by atoms with Crippen LogP contribution in [-0.4, -0.2) is 117 Å². The molecular formula is C21H29N7O14P2. The predicted octanol–water partition coefficient (Wildman–Crippen LogP) is -2.69. The van der Waals surface area contributed by atoms with Crippen molar-refractivity contribution < 1.29 is 67.0 Å². The van der Waals surface area contributed by atoms with Crippen LogP contribution < -0.4 is 11.5 Å². The molecule has 242 valence electrons. The third kappa shape index (κ3) is 6.70. The number of allylic oxidation sites excluding steroid dienone is 1. The number of primary amides is 1. The first-order valence-corrected chi connectivity index (χ1v) is 15.7. The number of ether oxygens (including phenoxy) is 2. The number of hydrogen-bond donors (Lipinski definition) is 8. The van der Waals surface area contributed by atoms with Gasteiger partial charge >= 0.3 is 15.6 Å². The molecule has 1 amide bonds. The number of rotatable bonds is 11. The van der Waals surface area contributed by atoms with E-state index in [1.165, 1.54) is 28.2 Å². The van der Waals surface area contributed by atoms with Crippen LogP contribution in [0.25, 0.3) is 11.2 Å². The largest absolute Gasteiger partial charge is 0.481 e. The van der Waals surface area contributed by atoms with Gasteiger partial charge in [-0.3, -0.25) is 18.4 Å². The van der Waals surface area contributed by atoms with Gasteiger partial charge in [-0.15, -0.1) is 0 Å². The summed E-state index contributed by atoms with van der Waals surface area (Å²) in [6.45, 7) is -1.79. The number of nitrogens with zero attached hydrogens (tertiary/aromatic N) is 5. The van der Waals surface area contributed by atoms with Crippen molar-refractivity contribution in [1.29, 1.82) is 0 Å². The summed E-state index contributed by atoms with van der Waals surface area (Å²) in [6, 6.07) is 0. The summed E-state index contributed by atoms with van der Waals surface area (Å²) in [5, 5.41) is 41.6. The molecule has 2 aromatic rings. The number of fused-ring (bicyclic) bond motifs is 1. The summed E-state index contributed by atoms with van der Waals surface area (Å²) >= 11 is 0. The van der Waals surface area contributed by atoms with Gasteiger partial charge in [-0.1, -0.05) is 6.08 Å². The maximum atomic E-state index is 12.4. The van der Waals surface area contributed by atoms with Crippen LogP contribution in [0.2, 0.25) is 0 Å². The summed E-state index contributed by atoms with van der Waals surface area (Å²) in [4.78, 5) is 44.6. The van der Waals surface area contributed by atoms with Crippen LogP contribution in [0.3, 0.4) is 0 Å². The molecule has 10 N–H and O–H groups in total. The Morgan fingerprint density at radius 1 is 0.955 bits per heavy atom. The minimum atomic E-state index is -5.37. The topological polar surface area (TPSA) is 318 Å². The highest BCUT2D eigenvalue weighted by molar-refractivity contribution is 7.61. The molecule has 0 saturated carbocycles. The molecule has 23 heteroatoms. The van der Waals surface area contributed by atoms with Gasteiger partial charge in [0.25, 0.3) is 0 Å². The summed E-state index contributed by atoms with van der Waals surface area (Å²) in [5.41, 5.74) is 11.6. The Hall–Kier alpha value is -2.88. The van der Waals surface area contributed by atoms with Crippen molar-refractivity contribution >= 4 is 38.5 Å². The van der Waals surface area contributed by atoms with Gasteiger partial charge in [0.05, 0.1) is 19.5 Å². The molecule has 5 rings (SSSR count). The first kappa shape index (κ1) is 32.5. The van der Waals surface area contributed by atoms with E-state index in [0.717, 1.165) is 6.33 Å². The number of carbonyl (C=O) groups excluding carboxylic acids is 1. The zero-order valence-electron chi connectivity index (χ0n) is 22.4. The molecule has 2 fully saturated rings. The standard InChI is InChI=1S/C21H29N7O14P2/c22-17-12-19(25-7-24-17)28(8-26-12)21-16(32)14(30)11(41-21)6-39-44(36,37)42-43(34,35)38-5-10-13(29)15(31)20(40-10)27-3-1-2-9(4-27)18(23)33/h1,3-4,7-8,10-11,13-16,20-21,29-32H,2,5-6H2,(H2,23,33)(H,34,35)(H,36,37)(H2,22,24,25)/t10?,11?,13?,14?,15?,16?,20-,21-/m0/s1. The number of aliphatic hydroxyl groups is 4. The number of nitrogens with two attached hydrogens (primary N) is 2. The van der Waals surface area contributed by atoms with Gasteiger partial charge in [0.2, 0.25) is 5.91 Å². The second-order valence-corrected chi connectivity index (χ2v) is 12.9. The first-order chi connectivity index (χ1) is 20.7. The number of aliphatic hydroxyl groups excluding tert-OH is 4. The van der Waals surface area contributed by atoms with E-state index in [1.807, 2.05) is 0 Å². The molecule has 0 aromatic carbocycles. The SMILES string of the molecule is NC(=O)C1=CN([C@H]2OC(COP(=O)(O)OP(=O)(O)OCC3O[C@H](n4cnc5c(N)ncnc54)C(O)C3O)C(O)C2O)C=CC1. The molecule has 3 aliphatic heterocycles. The normalized spacial score (nSPS) is 33.3. The van der Waals surface area contributed by atoms with Gasteiger partial charge in [-0.2, -0.15) is 4.31 Å². The van der Waals surface area contributed by atoms with Crippen LogP contribution in [0.15, 0.2) is 36.7 Å². The molecule has 2 aromatic heterocycles. The van der Waals surface area contributed by atoms with Crippen molar-refractivity contribution in [2.24, 2.45) is 5.73 Å². The Balaban J connectivity index is 1.15. The van der Waals surface area contributed by atoms with E-state index in [0.29, 0.717) is 0 Å². The number of carbonyl (C=O) groups is 1. The van der Waals surface area contributed by atoms with Crippen LogP contribution in [0.4, 0.5) is 5.82 Å². The fourth-order valence-corrected chi connectivity index (χ4v) is 6.77. The molecule has 10 atom stereocenters. The predicted molar refractivity (Wildman–Crippen MR) is 142 cm³/mol. The lowest BCUT2D eigenvalue weighted by molar-refractivity contribution is -0.115. The van der Waals surface area contributed by atoms with Crippen LogP contribution in [0.1, 0.15) is 12.6 Å². The van der Waals surface area contributed by atoms with Crippen LogP contribution in [0, 0.1) is 0 Å². The second kappa shape index (κ2) is 12.5. The zero-order valence-corrected chi connectivity index (χ0v) is 24.2. The molecule has 8 unspecified atom stereocenters. The summed E-state index contributed by atoms with van der Waals surface area (Å²) < 4.78 is 50.8. The van der Waals surface area contributed by atoms with Crippen LogP contribution in [0.5, 0.6) is 0 Å². The molecule has 44 heavy (non-hydrogen) atoms. The van der Waals surface area contributed by atoms with E-state index < -0.39 is 83.8 Å². The maximum Gasteiger partial charge on any atom is 0.481 e. The van der Waals surface area contributed by atoms with Crippen molar-refractivity contribution in [2.45, 2.75) is 55.5 Å². The Morgan fingerprint density at radius 3 is 2.16 bits per heavy atom. The molecule has 0 aliphatic carbocycles. The highest BCUT2D eigenvalue weighted by atomic mass is 31.3. The van der Waals surface area contributed by atoms with Crippen molar-refractivity contribution in [2.75, 3.05) is 18.9 Å². The molecule has 2 saturated heterocycles. The summed E-state index contributed by atoms with van der Waals surface area (Å²) in [6.07, 6.45) is -4.88. The smallest absolute Gasteiger partial charge is 0.387 e. The van der Waals surface area contributed by atoms with E-state index >= 15 is 0 Å². The van der Waals surface area contributed by atoms with E-state index in [1.54, 1.807) is 6.08 Å². The Kier molecular flexibility index (Phi) is 9.23. The van der Waals surface area contributed by atoms with Gasteiger partial charge < -0.3 is 56.1 Å². The summed E-state index contributed by atoms with van der Waals surface area (Å²) in [7, 11) is -10.7. The third-order valence-electron chi connectivity index (χ3n) is 6.88.